The Labute approximate surface area is 146 Å². The Balaban J connectivity index is 2.33. The Hall–Kier alpha value is -2.77. The van der Waals surface area contributed by atoms with Gasteiger partial charge in [-0.3, -0.25) is 4.79 Å². The second-order valence-electron chi connectivity index (χ2n) is 6.54. The molecule has 0 fully saturated rings. The van der Waals surface area contributed by atoms with Crippen LogP contribution < -0.4 is 16.4 Å². The molecule has 1 aromatic rings. The molecule has 1 aromatic carbocycles. The number of alkyl carbamates (subject to hydrolysis) is 1. The second-order valence-corrected chi connectivity index (χ2v) is 6.54. The molecule has 0 aromatic heterocycles. The van der Waals surface area contributed by atoms with E-state index in [9.17, 15) is 14.4 Å². The first-order valence-electron chi connectivity index (χ1n) is 7.98. The smallest absolute Gasteiger partial charge is 0.407 e. The van der Waals surface area contributed by atoms with Crippen molar-refractivity contribution in [1.82, 2.24) is 5.32 Å². The third-order valence-corrected chi connectivity index (χ3v) is 3.07. The van der Waals surface area contributed by atoms with Gasteiger partial charge in [0.05, 0.1) is 16.9 Å². The monoisotopic (exact) mass is 351 g/mol. The number of rotatable bonds is 7. The van der Waals surface area contributed by atoms with Crippen molar-refractivity contribution in [3.05, 3.63) is 23.8 Å². The number of aromatic carboxylic acids is 1. The summed E-state index contributed by atoms with van der Waals surface area (Å²) in [4.78, 5) is 34.3. The summed E-state index contributed by atoms with van der Waals surface area (Å²) in [7, 11) is 0. The van der Waals surface area contributed by atoms with E-state index in [0.29, 0.717) is 25.1 Å². The van der Waals surface area contributed by atoms with Crippen LogP contribution in [0.15, 0.2) is 18.2 Å². The van der Waals surface area contributed by atoms with E-state index < -0.39 is 17.7 Å². The normalized spacial score (nSPS) is 10.8. The number of nitrogen functional groups attached to an aromatic ring is 1. The van der Waals surface area contributed by atoms with Gasteiger partial charge < -0.3 is 26.2 Å². The van der Waals surface area contributed by atoms with Gasteiger partial charge in [0, 0.05) is 13.0 Å². The van der Waals surface area contributed by atoms with Gasteiger partial charge in [-0.15, -0.1) is 0 Å². The summed E-state index contributed by atoms with van der Waals surface area (Å²) in [6.45, 7) is 5.74. The highest BCUT2D eigenvalue weighted by Gasteiger charge is 2.15. The molecule has 0 aliphatic rings. The van der Waals surface area contributed by atoms with Crippen LogP contribution in [0.4, 0.5) is 16.2 Å². The van der Waals surface area contributed by atoms with Crippen molar-refractivity contribution in [2.24, 2.45) is 0 Å². The van der Waals surface area contributed by atoms with E-state index in [0.717, 1.165) is 0 Å². The summed E-state index contributed by atoms with van der Waals surface area (Å²) in [5, 5.41) is 14.2. The second kappa shape index (κ2) is 8.91. The highest BCUT2D eigenvalue weighted by Crippen LogP contribution is 2.20. The van der Waals surface area contributed by atoms with Crippen LogP contribution in [0.3, 0.4) is 0 Å². The van der Waals surface area contributed by atoms with Crippen LogP contribution in [0.1, 0.15) is 50.4 Å². The fraction of sp³-hybridized carbons (Fsp3) is 0.471. The lowest BCUT2D eigenvalue weighted by atomic mass is 10.1. The van der Waals surface area contributed by atoms with Gasteiger partial charge in [0.15, 0.2) is 0 Å². The average molecular weight is 351 g/mol. The summed E-state index contributed by atoms with van der Waals surface area (Å²) in [5.74, 6) is -1.37. The molecule has 5 N–H and O–H groups in total. The van der Waals surface area contributed by atoms with Crippen LogP contribution in [0.5, 0.6) is 0 Å². The number of carboxylic acid groups (broad SMARTS) is 1. The number of ether oxygens (including phenoxy) is 1. The maximum absolute atomic E-state index is 11.9. The van der Waals surface area contributed by atoms with E-state index >= 15 is 0 Å². The molecule has 0 aliphatic heterocycles. The Morgan fingerprint density at radius 2 is 1.88 bits per heavy atom. The molecule has 0 bridgehead atoms. The van der Waals surface area contributed by atoms with E-state index in [1.165, 1.54) is 18.2 Å². The zero-order chi connectivity index (χ0) is 19.0. The minimum atomic E-state index is -1.09. The van der Waals surface area contributed by atoms with Crippen molar-refractivity contribution >= 4 is 29.3 Å². The number of unbranched alkanes of at least 4 members (excludes halogenated alkanes) is 1. The van der Waals surface area contributed by atoms with Gasteiger partial charge in [0.2, 0.25) is 5.91 Å². The minimum Gasteiger partial charge on any atom is -0.478 e. The zero-order valence-corrected chi connectivity index (χ0v) is 14.7. The standard InChI is InChI=1S/C17H25N3O5/c1-17(2,3)25-16(24)19-9-5-4-6-14(21)20-13-10-11(15(22)23)7-8-12(13)18/h7-8,10H,4-6,9,18H2,1-3H3,(H,19,24)(H,20,21)(H,22,23). The number of nitrogens with one attached hydrogen (secondary N) is 2. The minimum absolute atomic E-state index is 0.0473. The van der Waals surface area contributed by atoms with Crippen molar-refractivity contribution in [2.75, 3.05) is 17.6 Å². The van der Waals surface area contributed by atoms with Gasteiger partial charge >= 0.3 is 12.1 Å². The highest BCUT2D eigenvalue weighted by atomic mass is 16.6. The van der Waals surface area contributed by atoms with Crippen molar-refractivity contribution < 1.29 is 24.2 Å². The van der Waals surface area contributed by atoms with Crippen molar-refractivity contribution in [3.63, 3.8) is 0 Å². The number of anilines is 2. The highest BCUT2D eigenvalue weighted by molar-refractivity contribution is 5.97. The molecule has 0 radical (unpaired) electrons. The van der Waals surface area contributed by atoms with Crippen LogP contribution in [0, 0.1) is 0 Å². The Morgan fingerprint density at radius 1 is 1.20 bits per heavy atom. The van der Waals surface area contributed by atoms with Crippen LogP contribution >= 0.6 is 0 Å². The lowest BCUT2D eigenvalue weighted by Crippen LogP contribution is -2.33. The first-order valence-corrected chi connectivity index (χ1v) is 7.98. The fourth-order valence-corrected chi connectivity index (χ4v) is 1.93. The number of amides is 2. The molecular weight excluding hydrogens is 326 g/mol. The van der Waals surface area contributed by atoms with E-state index in [1.807, 2.05) is 0 Å². The molecule has 0 spiro atoms. The topological polar surface area (TPSA) is 131 Å². The van der Waals surface area contributed by atoms with E-state index in [1.54, 1.807) is 20.8 Å². The number of hydrogen-bond acceptors (Lipinski definition) is 5. The van der Waals surface area contributed by atoms with Gasteiger partial charge in [-0.25, -0.2) is 9.59 Å². The summed E-state index contributed by atoms with van der Waals surface area (Å²) in [6, 6.07) is 4.12. The maximum Gasteiger partial charge on any atom is 0.407 e. The number of carbonyl (C=O) groups excluding carboxylic acids is 2. The average Bonchev–Trinajstić information content (AvgIpc) is 2.47. The third-order valence-electron chi connectivity index (χ3n) is 3.07. The number of carboxylic acids is 1. The molecule has 0 aliphatic carbocycles. The Morgan fingerprint density at radius 3 is 2.48 bits per heavy atom. The molecule has 1 rings (SSSR count). The lowest BCUT2D eigenvalue weighted by molar-refractivity contribution is -0.116. The zero-order valence-electron chi connectivity index (χ0n) is 14.7. The van der Waals surface area contributed by atoms with E-state index in [4.69, 9.17) is 15.6 Å². The van der Waals surface area contributed by atoms with Gasteiger partial charge in [-0.1, -0.05) is 0 Å². The summed E-state index contributed by atoms with van der Waals surface area (Å²) >= 11 is 0. The molecule has 0 saturated carbocycles. The van der Waals surface area contributed by atoms with Crippen molar-refractivity contribution in [1.29, 1.82) is 0 Å². The van der Waals surface area contributed by atoms with Gasteiger partial charge in [0.1, 0.15) is 5.60 Å². The Kier molecular flexibility index (Phi) is 7.22. The quantitative estimate of drug-likeness (QED) is 0.441. The summed E-state index contributed by atoms with van der Waals surface area (Å²) in [6.07, 6.45) is 0.903. The number of nitrogens with two attached hydrogens (primary N) is 1. The summed E-state index contributed by atoms with van der Waals surface area (Å²) in [5.41, 5.74) is 5.80. The molecule has 0 heterocycles. The van der Waals surface area contributed by atoms with E-state index in [-0.39, 0.29) is 23.6 Å². The van der Waals surface area contributed by atoms with Gasteiger partial charge in [-0.2, -0.15) is 0 Å². The maximum atomic E-state index is 11.9. The molecule has 0 unspecified atom stereocenters. The Bertz CT molecular complexity index is 638. The summed E-state index contributed by atoms with van der Waals surface area (Å²) < 4.78 is 5.10. The van der Waals surface area contributed by atoms with Gasteiger partial charge in [-0.05, 0) is 51.8 Å². The SMILES string of the molecule is CC(C)(C)OC(=O)NCCCCC(=O)Nc1cc(C(=O)O)ccc1N. The first-order chi connectivity index (χ1) is 11.6. The molecule has 8 heteroatoms. The van der Waals surface area contributed by atoms with Gasteiger partial charge in [0.25, 0.3) is 0 Å². The number of hydrogen-bond donors (Lipinski definition) is 4. The predicted molar refractivity (Wildman–Crippen MR) is 94.5 cm³/mol. The first kappa shape index (κ1) is 20.3. The molecule has 2 amide bonds. The van der Waals surface area contributed by atoms with Crippen LogP contribution in [-0.2, 0) is 9.53 Å². The molecular formula is C17H25N3O5. The van der Waals surface area contributed by atoms with Crippen molar-refractivity contribution in [2.45, 2.75) is 45.6 Å². The van der Waals surface area contributed by atoms with Crippen LogP contribution in [0.25, 0.3) is 0 Å². The molecule has 0 atom stereocenters. The molecule has 8 nitrogen and oxygen atoms in total. The van der Waals surface area contributed by atoms with Crippen molar-refractivity contribution in [3.8, 4) is 0 Å². The predicted octanol–water partition coefficient (Wildman–Crippen LogP) is 2.60. The van der Waals surface area contributed by atoms with E-state index in [2.05, 4.69) is 10.6 Å². The third kappa shape index (κ3) is 8.05. The molecule has 25 heavy (non-hydrogen) atoms. The fourth-order valence-electron chi connectivity index (χ4n) is 1.93. The van der Waals surface area contributed by atoms with Crippen LogP contribution in [0.2, 0.25) is 0 Å². The molecule has 138 valence electrons. The lowest BCUT2D eigenvalue weighted by Gasteiger charge is -2.19. The molecule has 0 saturated heterocycles. The number of carbonyl (C=O) groups is 3. The number of benzene rings is 1. The largest absolute Gasteiger partial charge is 0.478 e. The van der Waals surface area contributed by atoms with Crippen LogP contribution in [-0.4, -0.2) is 35.2 Å².